The zero-order chi connectivity index (χ0) is 21.9. The van der Waals surface area contributed by atoms with Gasteiger partial charge in [0, 0.05) is 39.1 Å². The maximum absolute atomic E-state index is 11.7. The summed E-state index contributed by atoms with van der Waals surface area (Å²) in [6, 6.07) is 11.2. The number of rotatable bonds is 9. The Balaban J connectivity index is 0.00000363. The van der Waals surface area contributed by atoms with Crippen molar-refractivity contribution < 1.29 is 4.79 Å². The van der Waals surface area contributed by atoms with Crippen LogP contribution in [0.1, 0.15) is 51.0 Å². The van der Waals surface area contributed by atoms with E-state index in [1.807, 2.05) is 11.9 Å². The van der Waals surface area contributed by atoms with Crippen molar-refractivity contribution >= 4 is 35.8 Å². The van der Waals surface area contributed by atoms with Crippen LogP contribution in [0, 0.1) is 5.92 Å². The molecule has 3 rings (SSSR count). The molecule has 0 spiro atoms. The van der Waals surface area contributed by atoms with Gasteiger partial charge in [0.25, 0.3) is 0 Å². The normalized spacial score (nSPS) is 20.7. The molecule has 0 radical (unpaired) electrons. The number of nitrogens with one attached hydrogen (secondary N) is 2. The highest BCUT2D eigenvalue weighted by atomic mass is 127. The number of piperidine rings is 2. The number of likely N-dealkylation sites (tertiary alicyclic amines) is 2. The number of hydrogen-bond donors (Lipinski definition) is 2. The first kappa shape index (κ1) is 26.9. The number of benzene rings is 1. The van der Waals surface area contributed by atoms with E-state index in [1.54, 1.807) is 0 Å². The Hall–Kier alpha value is -1.35. The van der Waals surface area contributed by atoms with Crippen LogP contribution >= 0.6 is 24.0 Å². The number of carbonyl (C=O) groups is 1. The summed E-state index contributed by atoms with van der Waals surface area (Å²) in [5.41, 5.74) is 1.48. The van der Waals surface area contributed by atoms with Gasteiger partial charge < -0.3 is 20.4 Å². The van der Waals surface area contributed by atoms with Crippen molar-refractivity contribution in [1.82, 2.24) is 20.4 Å². The highest BCUT2D eigenvalue weighted by Gasteiger charge is 2.23. The van der Waals surface area contributed by atoms with Gasteiger partial charge in [0.15, 0.2) is 5.96 Å². The smallest absolute Gasteiger partial charge is 0.222 e. The molecule has 2 N–H and O–H groups in total. The number of unbranched alkanes of at least 4 members (excludes halogenated alkanes) is 1. The van der Waals surface area contributed by atoms with E-state index in [4.69, 9.17) is 4.99 Å². The maximum atomic E-state index is 11.7. The van der Waals surface area contributed by atoms with Crippen molar-refractivity contribution in [3.05, 3.63) is 35.9 Å². The standard InChI is InChI=1S/C25H41N5O.HI/c1-3-26-25(28-23-11-12-24(31)29(2)20-23)27-15-7-8-16-30-17-13-22(14-18-30)19-21-9-5-4-6-10-21;/h4-6,9-10,22-23H,3,7-8,11-20H2,1-2H3,(H2,26,27,28);1H. The van der Waals surface area contributed by atoms with E-state index in [1.165, 1.54) is 50.9 Å². The molecule has 0 bridgehead atoms. The van der Waals surface area contributed by atoms with Crippen LogP contribution in [0.25, 0.3) is 0 Å². The topological polar surface area (TPSA) is 60.0 Å². The third-order valence-electron chi connectivity index (χ3n) is 6.54. The van der Waals surface area contributed by atoms with Crippen molar-refractivity contribution in [3.8, 4) is 0 Å². The van der Waals surface area contributed by atoms with Gasteiger partial charge in [-0.2, -0.15) is 0 Å². The van der Waals surface area contributed by atoms with E-state index in [0.29, 0.717) is 6.42 Å². The molecule has 0 aliphatic carbocycles. The molecule has 1 amide bonds. The molecule has 2 aliphatic rings. The molecule has 180 valence electrons. The monoisotopic (exact) mass is 555 g/mol. The Morgan fingerprint density at radius 3 is 2.56 bits per heavy atom. The van der Waals surface area contributed by atoms with Crippen LogP contribution in [0.15, 0.2) is 35.3 Å². The molecule has 7 heteroatoms. The number of nitrogens with zero attached hydrogens (tertiary/aromatic N) is 3. The third kappa shape index (κ3) is 9.25. The van der Waals surface area contributed by atoms with E-state index >= 15 is 0 Å². The van der Waals surface area contributed by atoms with E-state index in [-0.39, 0.29) is 35.9 Å². The largest absolute Gasteiger partial charge is 0.357 e. The second-order valence-corrected chi connectivity index (χ2v) is 9.10. The predicted octanol–water partition coefficient (Wildman–Crippen LogP) is 3.52. The fourth-order valence-electron chi connectivity index (χ4n) is 4.64. The Bertz CT molecular complexity index is 691. The summed E-state index contributed by atoms with van der Waals surface area (Å²) < 4.78 is 0. The third-order valence-corrected chi connectivity index (χ3v) is 6.54. The lowest BCUT2D eigenvalue weighted by Crippen LogP contribution is -2.51. The van der Waals surface area contributed by atoms with Gasteiger partial charge in [0.1, 0.15) is 0 Å². The van der Waals surface area contributed by atoms with Gasteiger partial charge in [-0.1, -0.05) is 30.3 Å². The SMILES string of the molecule is CCNC(=NCCCCN1CCC(Cc2ccccc2)CC1)NC1CCC(=O)N(C)C1.I. The minimum atomic E-state index is 0. The molecule has 0 saturated carbocycles. The van der Waals surface area contributed by atoms with Gasteiger partial charge in [-0.05, 0) is 76.6 Å². The van der Waals surface area contributed by atoms with Crippen LogP contribution in [0.5, 0.6) is 0 Å². The Morgan fingerprint density at radius 1 is 1.12 bits per heavy atom. The van der Waals surface area contributed by atoms with Gasteiger partial charge in [-0.25, -0.2) is 0 Å². The Labute approximate surface area is 211 Å². The lowest BCUT2D eigenvalue weighted by molar-refractivity contribution is -0.132. The first-order valence-electron chi connectivity index (χ1n) is 12.2. The number of guanidine groups is 1. The number of aliphatic imine (C=N–C) groups is 1. The number of carbonyl (C=O) groups excluding carboxylic acids is 1. The van der Waals surface area contributed by atoms with E-state index in [0.717, 1.165) is 44.4 Å². The molecular formula is C25H42IN5O. The van der Waals surface area contributed by atoms with Gasteiger partial charge >= 0.3 is 0 Å². The summed E-state index contributed by atoms with van der Waals surface area (Å²) in [5, 5.41) is 6.85. The van der Waals surface area contributed by atoms with E-state index < -0.39 is 0 Å². The lowest BCUT2D eigenvalue weighted by atomic mass is 9.90. The summed E-state index contributed by atoms with van der Waals surface area (Å²) in [4.78, 5) is 20.9. The van der Waals surface area contributed by atoms with Gasteiger partial charge in [0.05, 0.1) is 0 Å². The van der Waals surface area contributed by atoms with Crippen LogP contribution in [0.3, 0.4) is 0 Å². The lowest BCUT2D eigenvalue weighted by Gasteiger charge is -2.32. The molecule has 1 atom stereocenters. The molecule has 1 aromatic carbocycles. The molecule has 1 unspecified atom stereocenters. The Kier molecular flexibility index (Phi) is 12.4. The summed E-state index contributed by atoms with van der Waals surface area (Å²) in [7, 11) is 1.88. The van der Waals surface area contributed by atoms with Crippen molar-refractivity contribution in [3.63, 3.8) is 0 Å². The van der Waals surface area contributed by atoms with Crippen molar-refractivity contribution in [2.45, 2.75) is 57.9 Å². The highest BCUT2D eigenvalue weighted by Crippen LogP contribution is 2.21. The summed E-state index contributed by atoms with van der Waals surface area (Å²) in [6.07, 6.45) is 7.69. The van der Waals surface area contributed by atoms with Crippen LogP contribution < -0.4 is 10.6 Å². The summed E-state index contributed by atoms with van der Waals surface area (Å²) >= 11 is 0. The van der Waals surface area contributed by atoms with Crippen LogP contribution in [0.4, 0.5) is 0 Å². The van der Waals surface area contributed by atoms with Gasteiger partial charge in [-0.3, -0.25) is 9.79 Å². The van der Waals surface area contributed by atoms with Crippen LogP contribution in [-0.4, -0.2) is 74.0 Å². The first-order chi connectivity index (χ1) is 15.1. The molecule has 2 saturated heterocycles. The summed E-state index contributed by atoms with van der Waals surface area (Å²) in [5.74, 6) is 1.96. The first-order valence-corrected chi connectivity index (χ1v) is 12.2. The Morgan fingerprint density at radius 2 is 1.88 bits per heavy atom. The van der Waals surface area contributed by atoms with Crippen LogP contribution in [-0.2, 0) is 11.2 Å². The number of likely N-dealkylation sites (N-methyl/N-ethyl adjacent to an activating group) is 1. The molecule has 2 aliphatic heterocycles. The molecule has 2 fully saturated rings. The minimum Gasteiger partial charge on any atom is -0.357 e. The summed E-state index contributed by atoms with van der Waals surface area (Å²) in [6.45, 7) is 8.20. The molecule has 0 aromatic heterocycles. The number of hydrogen-bond acceptors (Lipinski definition) is 3. The van der Waals surface area contributed by atoms with Gasteiger partial charge in [0.2, 0.25) is 5.91 Å². The fourth-order valence-corrected chi connectivity index (χ4v) is 4.64. The average Bonchev–Trinajstić information content (AvgIpc) is 2.78. The van der Waals surface area contributed by atoms with Gasteiger partial charge in [-0.15, -0.1) is 24.0 Å². The molecule has 32 heavy (non-hydrogen) atoms. The number of halogens is 1. The molecule has 6 nitrogen and oxygen atoms in total. The average molecular weight is 556 g/mol. The van der Waals surface area contributed by atoms with Crippen molar-refractivity contribution in [2.75, 3.05) is 46.3 Å². The quantitative estimate of drug-likeness (QED) is 0.212. The predicted molar refractivity (Wildman–Crippen MR) is 144 cm³/mol. The van der Waals surface area contributed by atoms with Crippen molar-refractivity contribution in [2.24, 2.45) is 10.9 Å². The zero-order valence-electron chi connectivity index (χ0n) is 19.9. The van der Waals surface area contributed by atoms with Crippen molar-refractivity contribution in [1.29, 1.82) is 0 Å². The maximum Gasteiger partial charge on any atom is 0.222 e. The zero-order valence-corrected chi connectivity index (χ0v) is 22.2. The van der Waals surface area contributed by atoms with E-state index in [9.17, 15) is 4.79 Å². The molecule has 2 heterocycles. The second-order valence-electron chi connectivity index (χ2n) is 9.10. The highest BCUT2D eigenvalue weighted by molar-refractivity contribution is 14.0. The molecular weight excluding hydrogens is 513 g/mol. The fraction of sp³-hybridized carbons (Fsp3) is 0.680. The van der Waals surface area contributed by atoms with E-state index in [2.05, 4.69) is 52.8 Å². The second kappa shape index (κ2) is 14.7. The minimum absolute atomic E-state index is 0. The molecule has 1 aromatic rings. The number of amides is 1. The van der Waals surface area contributed by atoms with Crippen LogP contribution in [0.2, 0.25) is 0 Å².